The number of likely N-dealkylation sites (N-methyl/N-ethyl adjacent to an activating group) is 1. The van der Waals surface area contributed by atoms with Gasteiger partial charge in [0.25, 0.3) is 14.2 Å². The van der Waals surface area contributed by atoms with Crippen LogP contribution in [0.1, 0.15) is 76.9 Å². The van der Waals surface area contributed by atoms with Crippen LogP contribution in [-0.2, 0) is 24.2 Å². The first-order valence-corrected chi connectivity index (χ1v) is 21.4. The molecule has 11 nitrogen and oxygen atoms in total. The third kappa shape index (κ3) is 8.93. The van der Waals surface area contributed by atoms with Gasteiger partial charge in [0.15, 0.2) is 0 Å². The molecule has 0 bridgehead atoms. The van der Waals surface area contributed by atoms with Gasteiger partial charge in [-0.15, -0.1) is 0 Å². The number of hydrogen-bond acceptors (Lipinski definition) is 8. The first-order valence-electron chi connectivity index (χ1n) is 21.0. The third-order valence-electron chi connectivity index (χ3n) is 10.8. The molecule has 1 N–H and O–H groups in total. The molecule has 1 aliphatic rings. The van der Waals surface area contributed by atoms with Crippen molar-refractivity contribution < 1.29 is 41.2 Å². The molecule has 0 saturated heterocycles. The van der Waals surface area contributed by atoms with Gasteiger partial charge in [-0.3, -0.25) is 9.59 Å². The highest BCUT2D eigenvalue weighted by Gasteiger charge is 2.53. The minimum atomic E-state index is -3.49. The monoisotopic (exact) mass is 828 g/mol. The van der Waals surface area contributed by atoms with Gasteiger partial charge in [0.2, 0.25) is 11.8 Å². The van der Waals surface area contributed by atoms with E-state index in [4.69, 9.17) is 18.0 Å². The number of methoxy groups -OCH3 is 1. The normalized spacial score (nSPS) is 16.9. The second-order valence-electron chi connectivity index (χ2n) is 17.0. The summed E-state index contributed by atoms with van der Waals surface area (Å²) in [4.78, 5) is 48.3. The second-order valence-corrected chi connectivity index (χ2v) is 21.3. The average Bonchev–Trinajstić information content (AvgIpc) is 3.63. The van der Waals surface area contributed by atoms with E-state index in [2.05, 4.69) is 15.4 Å². The lowest BCUT2D eigenvalue weighted by Crippen LogP contribution is -2.68. The lowest BCUT2D eigenvalue weighted by molar-refractivity contribution is -0.147. The van der Waals surface area contributed by atoms with Crippen LogP contribution in [0.4, 0.5) is 19.4 Å². The Kier molecular flexibility index (Phi) is 11.0. The standard InChI is InChI=1S/C45H53F2N5O6Si/c1-42(2,3)58-41(55)52-36-23-24-38(49-35(36)29-48-52)50-39(53)37(30-57-59(43(4,5)6,33-15-11-9-12-16-33)34-17-13-10-14-18-34)51(7)40(54)44(25-27-45(46,47)28-26-44)31-19-21-32(56-8)22-20-31/h9-24,29,37H,25-28,30H2,1-8H3,(H,49,50,53)/t37-/m1/s1/i7D3. The quantitative estimate of drug-likeness (QED) is 0.134. The lowest BCUT2D eigenvalue weighted by atomic mass is 9.67. The highest BCUT2D eigenvalue weighted by atomic mass is 28.4. The summed E-state index contributed by atoms with van der Waals surface area (Å²) < 4.78 is 75.6. The molecule has 1 atom stereocenters. The number of anilines is 1. The maximum absolute atomic E-state index is 15.4. The van der Waals surface area contributed by atoms with E-state index in [-0.39, 0.29) is 29.7 Å². The average molecular weight is 829 g/mol. The van der Waals surface area contributed by atoms with Gasteiger partial charge < -0.3 is 24.1 Å². The van der Waals surface area contributed by atoms with Crippen molar-refractivity contribution in [3.8, 4) is 5.75 Å². The number of benzene rings is 3. The van der Waals surface area contributed by atoms with Crippen LogP contribution in [0.5, 0.6) is 5.75 Å². The summed E-state index contributed by atoms with van der Waals surface area (Å²) in [5.74, 6) is -4.66. The second kappa shape index (κ2) is 16.6. The molecule has 1 fully saturated rings. The summed E-state index contributed by atoms with van der Waals surface area (Å²) >= 11 is 0. The number of halogens is 2. The SMILES string of the molecule is [2H]C([2H])([2H])N(C(=O)C1(c2ccc(OC)cc2)CCC(F)(F)CC1)[C@H](CO[Si](c1ccccc1)(c1ccccc1)C(C)(C)C)C(=O)Nc1ccc2c(cnn2C(=O)OC(C)(C)C)n1. The van der Waals surface area contributed by atoms with Crippen molar-refractivity contribution in [2.45, 2.75) is 95.2 Å². The molecule has 3 aromatic carbocycles. The molecule has 14 heteroatoms. The van der Waals surface area contributed by atoms with E-state index in [0.29, 0.717) is 16.2 Å². The molecular weight excluding hydrogens is 773 g/mol. The Bertz CT molecular complexity index is 2340. The number of rotatable bonds is 11. The molecule has 0 unspecified atom stereocenters. The van der Waals surface area contributed by atoms with Crippen molar-refractivity contribution in [1.29, 1.82) is 0 Å². The van der Waals surface area contributed by atoms with Crippen molar-refractivity contribution in [3.05, 3.63) is 109 Å². The number of nitrogens with zero attached hydrogens (tertiary/aromatic N) is 4. The van der Waals surface area contributed by atoms with Crippen molar-refractivity contribution in [3.63, 3.8) is 0 Å². The molecule has 0 aliphatic heterocycles. The van der Waals surface area contributed by atoms with Crippen molar-refractivity contribution >= 4 is 53.4 Å². The Morgan fingerprint density at radius 3 is 2.00 bits per heavy atom. The Balaban J connectivity index is 1.49. The molecule has 59 heavy (non-hydrogen) atoms. The number of pyridine rings is 1. The number of ether oxygens (including phenoxy) is 2. The van der Waals surface area contributed by atoms with Crippen LogP contribution in [0.15, 0.2) is 103 Å². The highest BCUT2D eigenvalue weighted by molar-refractivity contribution is 6.99. The number of amides is 2. The number of alkyl halides is 2. The number of aromatic nitrogens is 3. The highest BCUT2D eigenvalue weighted by Crippen LogP contribution is 2.47. The molecule has 0 spiro atoms. The van der Waals surface area contributed by atoms with Gasteiger partial charge in [-0.1, -0.05) is 93.6 Å². The summed E-state index contributed by atoms with van der Waals surface area (Å²) in [6, 6.07) is 26.3. The zero-order valence-electron chi connectivity index (χ0n) is 37.4. The van der Waals surface area contributed by atoms with Crippen LogP contribution in [0, 0.1) is 0 Å². The summed E-state index contributed by atoms with van der Waals surface area (Å²) in [6.45, 7) is 7.30. The number of carbonyl (C=O) groups excluding carboxylic acids is 3. The van der Waals surface area contributed by atoms with Gasteiger partial charge in [-0.05, 0) is 78.9 Å². The summed E-state index contributed by atoms with van der Waals surface area (Å²) in [5.41, 5.74) is -1.77. The van der Waals surface area contributed by atoms with Crippen molar-refractivity contribution in [1.82, 2.24) is 19.7 Å². The topological polar surface area (TPSA) is 125 Å². The maximum Gasteiger partial charge on any atom is 0.435 e. The summed E-state index contributed by atoms with van der Waals surface area (Å²) in [7, 11) is -2.03. The lowest BCUT2D eigenvalue weighted by Gasteiger charge is -2.45. The zero-order valence-corrected chi connectivity index (χ0v) is 35.4. The van der Waals surface area contributed by atoms with E-state index < -0.39 is 80.7 Å². The van der Waals surface area contributed by atoms with Gasteiger partial charge in [0, 0.05) is 23.9 Å². The Morgan fingerprint density at radius 1 is 0.881 bits per heavy atom. The van der Waals surface area contributed by atoms with Gasteiger partial charge in [0.1, 0.15) is 28.7 Å². The largest absolute Gasteiger partial charge is 0.497 e. The Morgan fingerprint density at radius 2 is 1.47 bits per heavy atom. The Hall–Kier alpha value is -5.47. The van der Waals surface area contributed by atoms with E-state index in [0.717, 1.165) is 15.1 Å². The van der Waals surface area contributed by atoms with Crippen LogP contribution >= 0.6 is 0 Å². The number of carbonyl (C=O) groups is 3. The number of hydrogen-bond donors (Lipinski definition) is 1. The maximum atomic E-state index is 15.4. The van der Waals surface area contributed by atoms with E-state index in [9.17, 15) is 18.4 Å². The van der Waals surface area contributed by atoms with Gasteiger partial charge in [-0.2, -0.15) is 9.78 Å². The van der Waals surface area contributed by atoms with Crippen LogP contribution in [0.3, 0.4) is 0 Å². The van der Waals surface area contributed by atoms with E-state index in [1.807, 2.05) is 81.4 Å². The number of fused-ring (bicyclic) bond motifs is 1. The predicted octanol–water partition coefficient (Wildman–Crippen LogP) is 7.71. The van der Waals surface area contributed by atoms with Gasteiger partial charge >= 0.3 is 6.09 Å². The molecule has 2 aromatic heterocycles. The van der Waals surface area contributed by atoms with Crippen LogP contribution in [-0.4, -0.2) is 84.1 Å². The van der Waals surface area contributed by atoms with Crippen LogP contribution in [0.2, 0.25) is 5.04 Å². The predicted molar refractivity (Wildman–Crippen MR) is 226 cm³/mol. The molecule has 2 heterocycles. The molecule has 1 saturated carbocycles. The molecular formula is C45H53F2N5O6Si. The summed E-state index contributed by atoms with van der Waals surface area (Å²) in [5, 5.41) is 7.89. The van der Waals surface area contributed by atoms with Gasteiger partial charge in [-0.25, -0.2) is 18.6 Å². The fourth-order valence-corrected chi connectivity index (χ4v) is 12.4. The molecule has 0 radical (unpaired) electrons. The molecule has 1 aliphatic carbocycles. The smallest absolute Gasteiger partial charge is 0.435 e. The summed E-state index contributed by atoms with van der Waals surface area (Å²) in [6.07, 6.45) is -1.58. The first kappa shape index (κ1) is 39.0. The van der Waals surface area contributed by atoms with Crippen LogP contribution < -0.4 is 20.4 Å². The van der Waals surface area contributed by atoms with Crippen LogP contribution in [0.25, 0.3) is 11.0 Å². The van der Waals surface area contributed by atoms with E-state index >= 15 is 4.79 Å². The third-order valence-corrected chi connectivity index (χ3v) is 15.8. The minimum absolute atomic E-state index is 0.0400. The van der Waals surface area contributed by atoms with Gasteiger partial charge in [0.05, 0.1) is 30.8 Å². The molecule has 312 valence electrons. The molecule has 2 amide bonds. The fourth-order valence-electron chi connectivity index (χ4n) is 7.83. The van der Waals surface area contributed by atoms with E-state index in [1.165, 1.54) is 25.4 Å². The number of nitrogens with one attached hydrogen (secondary N) is 1. The minimum Gasteiger partial charge on any atom is -0.497 e. The molecule has 6 rings (SSSR count). The van der Waals surface area contributed by atoms with E-state index in [1.54, 1.807) is 45.0 Å². The van der Waals surface area contributed by atoms with Crippen molar-refractivity contribution in [2.75, 3.05) is 26.0 Å². The fraction of sp³-hybridized carbons (Fsp3) is 0.400. The first-order chi connectivity index (χ1) is 29.0. The van der Waals surface area contributed by atoms with Crippen molar-refractivity contribution in [2.24, 2.45) is 0 Å². The molecule has 5 aromatic rings. The zero-order chi connectivity index (χ0) is 45.3. The Labute approximate surface area is 349 Å².